The first-order valence-corrected chi connectivity index (χ1v) is 16.6. The van der Waals surface area contributed by atoms with Crippen molar-refractivity contribution in [1.29, 1.82) is 0 Å². The third-order valence-electron chi connectivity index (χ3n) is 6.62. The van der Waals surface area contributed by atoms with E-state index in [1.54, 1.807) is 49.6 Å². The van der Waals surface area contributed by atoms with Crippen molar-refractivity contribution >= 4 is 73.6 Å². The number of halogens is 1. The molecule has 0 aliphatic heterocycles. The number of rotatable bonds is 11. The SMILES string of the molecule is COc1ccc(-c2csc(NC(=O)C(C)Sc3ccc(NC(=O)/C(=C/c4ccc(Br)cc4)NC(=O)c4ccccc4)cc3)n2)cc1. The van der Waals surface area contributed by atoms with E-state index >= 15 is 0 Å². The fourth-order valence-electron chi connectivity index (χ4n) is 4.17. The molecule has 11 heteroatoms. The Kier molecular flexibility index (Phi) is 11.0. The molecule has 232 valence electrons. The van der Waals surface area contributed by atoms with Gasteiger partial charge in [-0.05, 0) is 91.4 Å². The molecule has 4 aromatic carbocycles. The number of ether oxygens (including phenoxy) is 1. The lowest BCUT2D eigenvalue weighted by atomic mass is 10.1. The molecule has 1 atom stereocenters. The third kappa shape index (κ3) is 8.94. The molecule has 3 N–H and O–H groups in total. The summed E-state index contributed by atoms with van der Waals surface area (Å²) in [6, 6.07) is 30.8. The van der Waals surface area contributed by atoms with Gasteiger partial charge in [0, 0.05) is 31.6 Å². The van der Waals surface area contributed by atoms with E-state index in [-0.39, 0.29) is 11.6 Å². The molecule has 46 heavy (non-hydrogen) atoms. The minimum absolute atomic E-state index is 0.0947. The van der Waals surface area contributed by atoms with E-state index in [0.717, 1.165) is 31.9 Å². The van der Waals surface area contributed by atoms with Gasteiger partial charge in [0.05, 0.1) is 18.1 Å². The molecular formula is C35H29BrN4O4S2. The Morgan fingerprint density at radius 2 is 1.59 bits per heavy atom. The van der Waals surface area contributed by atoms with Gasteiger partial charge in [-0.25, -0.2) is 4.98 Å². The van der Waals surface area contributed by atoms with Crippen LogP contribution in [0.4, 0.5) is 10.8 Å². The summed E-state index contributed by atoms with van der Waals surface area (Å²) in [5, 5.41) is 10.5. The average molecular weight is 714 g/mol. The Morgan fingerprint density at radius 3 is 2.26 bits per heavy atom. The normalized spacial score (nSPS) is 11.8. The maximum absolute atomic E-state index is 13.3. The highest BCUT2D eigenvalue weighted by Crippen LogP contribution is 2.29. The molecule has 0 bridgehead atoms. The lowest BCUT2D eigenvalue weighted by molar-refractivity contribution is -0.115. The van der Waals surface area contributed by atoms with Crippen molar-refractivity contribution in [3.63, 3.8) is 0 Å². The molecule has 3 amide bonds. The van der Waals surface area contributed by atoms with Crippen molar-refractivity contribution < 1.29 is 19.1 Å². The van der Waals surface area contributed by atoms with Crippen LogP contribution in [0.5, 0.6) is 5.75 Å². The maximum Gasteiger partial charge on any atom is 0.272 e. The molecule has 0 aliphatic rings. The van der Waals surface area contributed by atoms with E-state index in [1.807, 2.05) is 79.0 Å². The zero-order valence-electron chi connectivity index (χ0n) is 24.8. The zero-order valence-corrected chi connectivity index (χ0v) is 28.0. The summed E-state index contributed by atoms with van der Waals surface area (Å²) in [5.74, 6) is -0.278. The molecule has 0 aliphatic carbocycles. The number of nitrogens with zero attached hydrogens (tertiary/aromatic N) is 1. The topological polar surface area (TPSA) is 109 Å². The van der Waals surface area contributed by atoms with Crippen LogP contribution in [0.2, 0.25) is 0 Å². The largest absolute Gasteiger partial charge is 0.497 e. The summed E-state index contributed by atoms with van der Waals surface area (Å²) in [7, 11) is 1.62. The number of thiazole rings is 1. The second-order valence-corrected chi connectivity index (χ2v) is 13.1. The highest BCUT2D eigenvalue weighted by molar-refractivity contribution is 9.10. The van der Waals surface area contributed by atoms with Crippen LogP contribution in [-0.4, -0.2) is 35.1 Å². The Balaban J connectivity index is 1.20. The number of carbonyl (C=O) groups excluding carboxylic acids is 3. The number of aromatic nitrogens is 1. The number of benzene rings is 4. The maximum atomic E-state index is 13.3. The molecule has 0 radical (unpaired) electrons. The number of thioether (sulfide) groups is 1. The molecular weight excluding hydrogens is 684 g/mol. The Morgan fingerprint density at radius 1 is 0.891 bits per heavy atom. The molecule has 0 fully saturated rings. The summed E-state index contributed by atoms with van der Waals surface area (Å²) in [4.78, 5) is 44.5. The number of nitrogens with one attached hydrogen (secondary N) is 3. The Labute approximate surface area is 283 Å². The van der Waals surface area contributed by atoms with E-state index < -0.39 is 17.1 Å². The van der Waals surface area contributed by atoms with Gasteiger partial charge in [-0.3, -0.25) is 14.4 Å². The quantitative estimate of drug-likeness (QED) is 0.0943. The van der Waals surface area contributed by atoms with Gasteiger partial charge in [-0.2, -0.15) is 0 Å². The second-order valence-electron chi connectivity index (χ2n) is 9.92. The molecule has 1 aromatic heterocycles. The molecule has 8 nitrogen and oxygen atoms in total. The first-order chi connectivity index (χ1) is 22.3. The summed E-state index contributed by atoms with van der Waals surface area (Å²) >= 11 is 6.16. The van der Waals surface area contributed by atoms with Gasteiger partial charge in [0.25, 0.3) is 11.8 Å². The van der Waals surface area contributed by atoms with Gasteiger partial charge >= 0.3 is 0 Å². The van der Waals surface area contributed by atoms with E-state index in [0.29, 0.717) is 16.4 Å². The number of anilines is 2. The van der Waals surface area contributed by atoms with E-state index in [4.69, 9.17) is 4.74 Å². The van der Waals surface area contributed by atoms with Crippen molar-refractivity contribution in [2.75, 3.05) is 17.7 Å². The summed E-state index contributed by atoms with van der Waals surface area (Å²) in [5.41, 5.74) is 3.52. The van der Waals surface area contributed by atoms with Crippen molar-refractivity contribution in [3.8, 4) is 17.0 Å². The van der Waals surface area contributed by atoms with Crippen LogP contribution in [-0.2, 0) is 9.59 Å². The fourth-order valence-corrected chi connectivity index (χ4v) is 6.03. The van der Waals surface area contributed by atoms with Crippen LogP contribution in [0.3, 0.4) is 0 Å². The van der Waals surface area contributed by atoms with Crippen LogP contribution in [0.25, 0.3) is 17.3 Å². The molecule has 5 rings (SSSR count). The van der Waals surface area contributed by atoms with Crippen molar-refractivity contribution in [2.24, 2.45) is 0 Å². The highest BCUT2D eigenvalue weighted by Gasteiger charge is 2.18. The molecule has 0 saturated carbocycles. The monoisotopic (exact) mass is 712 g/mol. The Hall–Kier alpha value is -4.71. The lowest BCUT2D eigenvalue weighted by Crippen LogP contribution is -2.30. The van der Waals surface area contributed by atoms with Crippen LogP contribution < -0.4 is 20.7 Å². The van der Waals surface area contributed by atoms with Gasteiger partial charge < -0.3 is 20.7 Å². The fraction of sp³-hybridized carbons (Fsp3) is 0.0857. The first-order valence-electron chi connectivity index (χ1n) is 14.1. The molecule has 0 spiro atoms. The van der Waals surface area contributed by atoms with E-state index in [2.05, 4.69) is 36.9 Å². The van der Waals surface area contributed by atoms with E-state index in [9.17, 15) is 14.4 Å². The van der Waals surface area contributed by atoms with Gasteiger partial charge in [0.2, 0.25) is 5.91 Å². The van der Waals surface area contributed by atoms with Gasteiger partial charge in [-0.15, -0.1) is 23.1 Å². The number of carbonyl (C=O) groups is 3. The first kappa shape index (κ1) is 32.7. The summed E-state index contributed by atoms with van der Waals surface area (Å²) in [6.45, 7) is 1.82. The zero-order chi connectivity index (χ0) is 32.5. The molecule has 1 heterocycles. The summed E-state index contributed by atoms with van der Waals surface area (Å²) in [6.07, 6.45) is 1.62. The van der Waals surface area contributed by atoms with Crippen LogP contribution in [0, 0.1) is 0 Å². The second kappa shape index (κ2) is 15.5. The van der Waals surface area contributed by atoms with Gasteiger partial charge in [0.15, 0.2) is 5.13 Å². The van der Waals surface area contributed by atoms with Crippen LogP contribution in [0.1, 0.15) is 22.8 Å². The standard InChI is InChI=1S/C35H29BrN4O4S2/c1-22(32(41)40-35-39-31(21-45-35)24-10-16-28(44-2)17-11-24)46-29-18-14-27(15-19-29)37-34(43)30(20-23-8-12-26(36)13-9-23)38-33(42)25-6-4-3-5-7-25/h3-22H,1-2H3,(H,37,43)(H,38,42)(H,39,40,41)/b30-20-. The number of amides is 3. The molecule has 0 saturated heterocycles. The number of hydrogen-bond donors (Lipinski definition) is 3. The molecule has 1 unspecified atom stereocenters. The van der Waals surface area contributed by atoms with Crippen molar-refractivity contribution in [1.82, 2.24) is 10.3 Å². The predicted octanol–water partition coefficient (Wildman–Crippen LogP) is 8.11. The molecule has 5 aromatic rings. The van der Waals surface area contributed by atoms with Crippen LogP contribution in [0.15, 0.2) is 124 Å². The number of methoxy groups -OCH3 is 1. The summed E-state index contributed by atoms with van der Waals surface area (Å²) < 4.78 is 6.11. The minimum atomic E-state index is -0.474. The third-order valence-corrected chi connectivity index (χ3v) is 9.02. The lowest BCUT2D eigenvalue weighted by Gasteiger charge is -2.13. The van der Waals surface area contributed by atoms with E-state index in [1.165, 1.54) is 23.1 Å². The van der Waals surface area contributed by atoms with Crippen molar-refractivity contribution in [3.05, 3.63) is 130 Å². The van der Waals surface area contributed by atoms with Gasteiger partial charge in [0.1, 0.15) is 11.4 Å². The smallest absolute Gasteiger partial charge is 0.272 e. The van der Waals surface area contributed by atoms with Gasteiger partial charge in [-0.1, -0.05) is 46.3 Å². The Bertz CT molecular complexity index is 1840. The van der Waals surface area contributed by atoms with Crippen LogP contribution >= 0.6 is 39.0 Å². The predicted molar refractivity (Wildman–Crippen MR) is 189 cm³/mol. The highest BCUT2D eigenvalue weighted by atomic mass is 79.9. The minimum Gasteiger partial charge on any atom is -0.497 e. The van der Waals surface area contributed by atoms with Crippen molar-refractivity contribution in [2.45, 2.75) is 17.1 Å². The number of hydrogen-bond acceptors (Lipinski definition) is 7. The average Bonchev–Trinajstić information content (AvgIpc) is 3.55.